The van der Waals surface area contributed by atoms with Gasteiger partial charge in [0, 0.05) is 38.3 Å². The molecule has 4 amide bonds. The van der Waals surface area contributed by atoms with Crippen molar-refractivity contribution in [3.8, 4) is 11.1 Å². The maximum absolute atomic E-state index is 13.9. The SMILES string of the molecule is CNC(=O)NCc1ccccc1-c1ccc(CN2C(=O)[C@H](NC(=O)CC(C)(C)NC[C@@H](C)O)CCc3cccnc32)cc1. The third-order valence-electron chi connectivity index (χ3n) is 7.49. The number of anilines is 1. The normalized spacial score (nSPS) is 15.7. The van der Waals surface area contributed by atoms with Crippen molar-refractivity contribution in [2.24, 2.45) is 0 Å². The van der Waals surface area contributed by atoms with E-state index in [4.69, 9.17) is 0 Å². The number of aryl methyl sites for hydroxylation is 1. The Kier molecular flexibility index (Phi) is 10.5. The molecule has 0 saturated heterocycles. The molecule has 0 fully saturated rings. The minimum Gasteiger partial charge on any atom is -0.392 e. The lowest BCUT2D eigenvalue weighted by molar-refractivity contribution is -0.128. The number of nitrogens with zero attached hydrogens (tertiary/aromatic N) is 2. The van der Waals surface area contributed by atoms with Gasteiger partial charge in [0.1, 0.15) is 11.9 Å². The van der Waals surface area contributed by atoms with Gasteiger partial charge < -0.3 is 26.4 Å². The minimum absolute atomic E-state index is 0.163. The van der Waals surface area contributed by atoms with Gasteiger partial charge in [-0.25, -0.2) is 9.78 Å². The molecule has 2 atom stereocenters. The summed E-state index contributed by atoms with van der Waals surface area (Å²) in [6.45, 7) is 6.55. The number of rotatable bonds is 11. The molecule has 1 aliphatic heterocycles. The van der Waals surface area contributed by atoms with Gasteiger partial charge in [0.25, 0.3) is 5.91 Å². The zero-order chi connectivity index (χ0) is 31.0. The Morgan fingerprint density at radius 2 is 1.84 bits per heavy atom. The highest BCUT2D eigenvalue weighted by Gasteiger charge is 2.33. The van der Waals surface area contributed by atoms with Crippen molar-refractivity contribution in [1.82, 2.24) is 26.3 Å². The molecule has 10 heteroatoms. The molecular formula is C33H42N6O4. The summed E-state index contributed by atoms with van der Waals surface area (Å²) >= 11 is 0. The van der Waals surface area contributed by atoms with Gasteiger partial charge in [-0.15, -0.1) is 0 Å². The highest BCUT2D eigenvalue weighted by molar-refractivity contribution is 5.99. The number of fused-ring (bicyclic) bond motifs is 1. The molecule has 0 aliphatic carbocycles. The molecule has 0 spiro atoms. The summed E-state index contributed by atoms with van der Waals surface area (Å²) in [5.74, 6) is 0.183. The van der Waals surface area contributed by atoms with E-state index in [1.54, 1.807) is 25.1 Å². The number of benzene rings is 2. The molecule has 0 unspecified atom stereocenters. The number of aromatic nitrogens is 1. The first-order chi connectivity index (χ1) is 20.6. The first-order valence-corrected chi connectivity index (χ1v) is 14.7. The van der Waals surface area contributed by atoms with E-state index in [0.29, 0.717) is 38.3 Å². The Morgan fingerprint density at radius 1 is 1.09 bits per heavy atom. The fourth-order valence-corrected chi connectivity index (χ4v) is 5.20. The topological polar surface area (TPSA) is 136 Å². The first kappa shape index (κ1) is 31.7. The Bertz CT molecular complexity index is 1420. The Hall–Kier alpha value is -4.28. The molecule has 1 aliphatic rings. The fraction of sp³-hybridized carbons (Fsp3) is 0.394. The first-order valence-electron chi connectivity index (χ1n) is 14.7. The molecule has 0 radical (unpaired) electrons. The van der Waals surface area contributed by atoms with E-state index >= 15 is 0 Å². The third kappa shape index (κ3) is 8.62. The van der Waals surface area contributed by atoms with E-state index in [1.165, 1.54) is 0 Å². The van der Waals surface area contributed by atoms with Crippen molar-refractivity contribution in [1.29, 1.82) is 0 Å². The van der Waals surface area contributed by atoms with Crippen LogP contribution in [-0.2, 0) is 29.1 Å². The standard InChI is InChI=1S/C33H42N6O4/c1-22(40)19-37-33(2,3)18-29(41)38-28-16-15-25-9-7-17-35-30(25)39(31(28)42)21-23-11-13-24(14-12-23)27-10-6-5-8-26(27)20-36-32(43)34-4/h5-14,17,22,28,37,40H,15-16,18-21H2,1-4H3,(H,38,41)(H2,34,36,43)/t22-,28-/m1/s1. The molecule has 228 valence electrons. The Balaban J connectivity index is 1.51. The van der Waals surface area contributed by atoms with Crippen molar-refractivity contribution in [3.05, 3.63) is 83.6 Å². The van der Waals surface area contributed by atoms with Crippen LogP contribution in [0.1, 0.15) is 50.3 Å². The highest BCUT2D eigenvalue weighted by Crippen LogP contribution is 2.28. The van der Waals surface area contributed by atoms with E-state index in [0.717, 1.165) is 27.8 Å². The van der Waals surface area contributed by atoms with E-state index in [-0.39, 0.29) is 24.3 Å². The second-order valence-corrected chi connectivity index (χ2v) is 11.6. The second kappa shape index (κ2) is 14.3. The number of urea groups is 1. The summed E-state index contributed by atoms with van der Waals surface area (Å²) in [7, 11) is 1.58. The van der Waals surface area contributed by atoms with Crippen LogP contribution in [0.25, 0.3) is 11.1 Å². The predicted molar refractivity (Wildman–Crippen MR) is 167 cm³/mol. The number of pyridine rings is 1. The molecule has 5 N–H and O–H groups in total. The van der Waals surface area contributed by atoms with Gasteiger partial charge in [-0.3, -0.25) is 14.5 Å². The Morgan fingerprint density at radius 3 is 2.56 bits per heavy atom. The van der Waals surface area contributed by atoms with Gasteiger partial charge in [0.15, 0.2) is 0 Å². The Labute approximate surface area is 253 Å². The molecule has 43 heavy (non-hydrogen) atoms. The van der Waals surface area contributed by atoms with Gasteiger partial charge in [0.2, 0.25) is 5.91 Å². The van der Waals surface area contributed by atoms with Crippen LogP contribution in [0.15, 0.2) is 66.9 Å². The van der Waals surface area contributed by atoms with E-state index in [1.807, 2.05) is 74.5 Å². The monoisotopic (exact) mass is 586 g/mol. The van der Waals surface area contributed by atoms with Crippen LogP contribution in [-0.4, -0.2) is 59.2 Å². The number of aliphatic hydroxyl groups excluding tert-OH is 1. The number of hydrogen-bond donors (Lipinski definition) is 5. The number of β-amino-alcohol motifs (C(OH)–C–C–N with tert-alkyl or cyclic N) is 1. The number of carbonyl (C=O) groups is 3. The summed E-state index contributed by atoms with van der Waals surface area (Å²) in [5, 5.41) is 21.2. The summed E-state index contributed by atoms with van der Waals surface area (Å²) in [6.07, 6.45) is 2.40. The zero-order valence-electron chi connectivity index (χ0n) is 25.3. The largest absolute Gasteiger partial charge is 0.392 e. The zero-order valence-corrected chi connectivity index (χ0v) is 25.3. The average Bonchev–Trinajstić information content (AvgIpc) is 3.11. The van der Waals surface area contributed by atoms with Crippen LogP contribution >= 0.6 is 0 Å². The number of aliphatic hydroxyl groups is 1. The average molecular weight is 587 g/mol. The highest BCUT2D eigenvalue weighted by atomic mass is 16.3. The summed E-state index contributed by atoms with van der Waals surface area (Å²) in [5.41, 5.74) is 4.33. The molecular weight excluding hydrogens is 544 g/mol. The number of nitrogens with one attached hydrogen (secondary N) is 4. The quantitative estimate of drug-likeness (QED) is 0.234. The van der Waals surface area contributed by atoms with Gasteiger partial charge in [-0.2, -0.15) is 0 Å². The predicted octanol–water partition coefficient (Wildman–Crippen LogP) is 3.28. The van der Waals surface area contributed by atoms with Gasteiger partial charge in [-0.05, 0) is 67.5 Å². The fourth-order valence-electron chi connectivity index (χ4n) is 5.20. The minimum atomic E-state index is -0.687. The van der Waals surface area contributed by atoms with Gasteiger partial charge >= 0.3 is 6.03 Å². The van der Waals surface area contributed by atoms with Crippen molar-refractivity contribution in [2.75, 3.05) is 18.5 Å². The van der Waals surface area contributed by atoms with Crippen molar-refractivity contribution in [2.45, 2.75) is 70.8 Å². The molecule has 2 heterocycles. The molecule has 1 aromatic heterocycles. The molecule has 10 nitrogen and oxygen atoms in total. The van der Waals surface area contributed by atoms with E-state index < -0.39 is 17.7 Å². The van der Waals surface area contributed by atoms with Crippen molar-refractivity contribution < 1.29 is 19.5 Å². The number of hydrogen-bond acceptors (Lipinski definition) is 6. The lowest BCUT2D eigenvalue weighted by Gasteiger charge is -2.29. The van der Waals surface area contributed by atoms with E-state index in [2.05, 4.69) is 26.3 Å². The second-order valence-electron chi connectivity index (χ2n) is 11.6. The van der Waals surface area contributed by atoms with Crippen molar-refractivity contribution >= 4 is 23.7 Å². The van der Waals surface area contributed by atoms with E-state index in [9.17, 15) is 19.5 Å². The molecule has 3 aromatic rings. The maximum Gasteiger partial charge on any atom is 0.314 e. The summed E-state index contributed by atoms with van der Waals surface area (Å²) in [6, 6.07) is 18.8. The van der Waals surface area contributed by atoms with Crippen LogP contribution in [0, 0.1) is 0 Å². The molecule has 4 rings (SSSR count). The number of carbonyl (C=O) groups excluding carboxylic acids is 3. The lowest BCUT2D eigenvalue weighted by atomic mass is 9.98. The van der Waals surface area contributed by atoms with Gasteiger partial charge in [0.05, 0.1) is 12.6 Å². The van der Waals surface area contributed by atoms with Crippen LogP contribution in [0.3, 0.4) is 0 Å². The number of amides is 4. The molecule has 2 aromatic carbocycles. The maximum atomic E-state index is 13.9. The van der Waals surface area contributed by atoms with Crippen LogP contribution in [0.5, 0.6) is 0 Å². The van der Waals surface area contributed by atoms with Crippen molar-refractivity contribution in [3.63, 3.8) is 0 Å². The van der Waals surface area contributed by atoms with Crippen LogP contribution in [0.4, 0.5) is 10.6 Å². The molecule has 0 bridgehead atoms. The summed E-state index contributed by atoms with van der Waals surface area (Å²) in [4.78, 5) is 44.9. The van der Waals surface area contributed by atoms with Gasteiger partial charge in [-0.1, -0.05) is 54.6 Å². The summed E-state index contributed by atoms with van der Waals surface area (Å²) < 4.78 is 0. The molecule has 0 saturated carbocycles. The third-order valence-corrected chi connectivity index (χ3v) is 7.49. The lowest BCUT2D eigenvalue weighted by Crippen LogP contribution is -2.51. The van der Waals surface area contributed by atoms with Crippen LogP contribution < -0.4 is 26.2 Å². The van der Waals surface area contributed by atoms with Crippen LogP contribution in [0.2, 0.25) is 0 Å². The smallest absolute Gasteiger partial charge is 0.314 e.